The number of carbonyl (C=O) groups excluding carboxylic acids is 2. The summed E-state index contributed by atoms with van der Waals surface area (Å²) in [6, 6.07) is 14.1. The van der Waals surface area contributed by atoms with Crippen LogP contribution in [0.15, 0.2) is 58.5 Å². The quantitative estimate of drug-likeness (QED) is 0.347. The average molecular weight is 424 g/mol. The number of aromatic nitrogens is 2. The maximum Gasteiger partial charge on any atom is 0.262 e. The molecular formula is C23H25N3O3S. The van der Waals surface area contributed by atoms with Crippen LogP contribution in [0, 0.1) is 5.92 Å². The van der Waals surface area contributed by atoms with Gasteiger partial charge in [0, 0.05) is 24.7 Å². The van der Waals surface area contributed by atoms with Gasteiger partial charge in [-0.25, -0.2) is 4.98 Å². The monoisotopic (exact) mass is 423 g/mol. The van der Waals surface area contributed by atoms with Crippen molar-refractivity contribution in [3.05, 3.63) is 64.4 Å². The van der Waals surface area contributed by atoms with Gasteiger partial charge in [-0.1, -0.05) is 37.7 Å². The van der Waals surface area contributed by atoms with Crippen LogP contribution in [0.25, 0.3) is 10.9 Å². The second-order valence-corrected chi connectivity index (χ2v) is 8.91. The largest absolute Gasteiger partial charge is 0.326 e. The van der Waals surface area contributed by atoms with E-state index in [0.717, 1.165) is 0 Å². The van der Waals surface area contributed by atoms with Crippen molar-refractivity contribution < 1.29 is 9.59 Å². The minimum Gasteiger partial charge on any atom is -0.326 e. The van der Waals surface area contributed by atoms with Crippen LogP contribution in [0.1, 0.15) is 38.1 Å². The summed E-state index contributed by atoms with van der Waals surface area (Å²) in [5.74, 6) is 0.0359. The zero-order chi connectivity index (χ0) is 21.8. The van der Waals surface area contributed by atoms with Crippen molar-refractivity contribution in [3.63, 3.8) is 0 Å². The molecule has 0 bridgehead atoms. The molecule has 3 rings (SSSR count). The van der Waals surface area contributed by atoms with E-state index in [2.05, 4.69) is 10.3 Å². The Balaban J connectivity index is 1.89. The molecule has 3 aromatic rings. The van der Waals surface area contributed by atoms with Crippen molar-refractivity contribution in [1.29, 1.82) is 0 Å². The zero-order valence-electron chi connectivity index (χ0n) is 17.5. The number of rotatable bonds is 7. The third-order valence-electron chi connectivity index (χ3n) is 4.52. The fourth-order valence-electron chi connectivity index (χ4n) is 3.13. The zero-order valence-corrected chi connectivity index (χ0v) is 18.3. The maximum atomic E-state index is 13.0. The minimum atomic E-state index is -0.428. The first-order valence-corrected chi connectivity index (χ1v) is 10.7. The molecule has 0 unspecified atom stereocenters. The normalized spacial score (nSPS) is 12.2. The van der Waals surface area contributed by atoms with Gasteiger partial charge in [-0.3, -0.25) is 19.0 Å². The van der Waals surface area contributed by atoms with E-state index in [-0.39, 0.29) is 23.2 Å². The third-order valence-corrected chi connectivity index (χ3v) is 5.61. The second kappa shape index (κ2) is 9.26. The molecule has 7 heteroatoms. The van der Waals surface area contributed by atoms with Gasteiger partial charge in [0.2, 0.25) is 5.91 Å². The van der Waals surface area contributed by atoms with Gasteiger partial charge in [0.05, 0.1) is 16.2 Å². The summed E-state index contributed by atoms with van der Waals surface area (Å²) in [7, 11) is 0. The fourth-order valence-corrected chi connectivity index (χ4v) is 4.13. The van der Waals surface area contributed by atoms with Crippen LogP contribution in [-0.4, -0.2) is 26.5 Å². The minimum absolute atomic E-state index is 0.0621. The van der Waals surface area contributed by atoms with Crippen LogP contribution in [0.5, 0.6) is 0 Å². The van der Waals surface area contributed by atoms with Crippen LogP contribution >= 0.6 is 11.8 Å². The number of amides is 1. The molecule has 1 N–H and O–H groups in total. The Kier molecular flexibility index (Phi) is 6.72. The number of carbonyl (C=O) groups is 2. The van der Waals surface area contributed by atoms with Gasteiger partial charge < -0.3 is 5.32 Å². The number of fused-ring (bicyclic) bond motifs is 1. The smallest absolute Gasteiger partial charge is 0.262 e. The molecule has 1 atom stereocenters. The second-order valence-electron chi connectivity index (χ2n) is 7.60. The molecule has 1 amide bonds. The molecule has 30 heavy (non-hydrogen) atoms. The van der Waals surface area contributed by atoms with Gasteiger partial charge in [0.1, 0.15) is 0 Å². The highest BCUT2D eigenvalue weighted by molar-refractivity contribution is 8.00. The van der Waals surface area contributed by atoms with E-state index in [0.29, 0.717) is 33.9 Å². The number of hydrogen-bond donors (Lipinski definition) is 1. The van der Waals surface area contributed by atoms with Gasteiger partial charge in [0.25, 0.3) is 5.56 Å². The molecule has 156 valence electrons. The molecule has 1 aromatic heterocycles. The van der Waals surface area contributed by atoms with E-state index < -0.39 is 5.25 Å². The van der Waals surface area contributed by atoms with Crippen LogP contribution in [0.3, 0.4) is 0 Å². The Morgan fingerprint density at radius 3 is 2.37 bits per heavy atom. The number of hydrogen-bond acceptors (Lipinski definition) is 5. The number of nitrogens with one attached hydrogen (secondary N) is 1. The van der Waals surface area contributed by atoms with E-state index in [1.165, 1.54) is 18.7 Å². The Morgan fingerprint density at radius 2 is 1.73 bits per heavy atom. The first kappa shape index (κ1) is 21.8. The van der Waals surface area contributed by atoms with Gasteiger partial charge in [-0.05, 0) is 49.2 Å². The van der Waals surface area contributed by atoms with Crippen LogP contribution in [0.4, 0.5) is 5.69 Å². The first-order chi connectivity index (χ1) is 14.3. The summed E-state index contributed by atoms with van der Waals surface area (Å²) >= 11 is 1.29. The van der Waals surface area contributed by atoms with Crippen molar-refractivity contribution in [1.82, 2.24) is 9.55 Å². The van der Waals surface area contributed by atoms with Gasteiger partial charge in [-0.15, -0.1) is 0 Å². The molecule has 6 nitrogen and oxygen atoms in total. The van der Waals surface area contributed by atoms with Gasteiger partial charge in [-0.2, -0.15) is 0 Å². The molecule has 0 saturated carbocycles. The van der Waals surface area contributed by atoms with Gasteiger partial charge in [0.15, 0.2) is 10.9 Å². The van der Waals surface area contributed by atoms with E-state index in [9.17, 15) is 14.4 Å². The molecule has 0 fully saturated rings. The Labute approximate surface area is 179 Å². The molecule has 0 radical (unpaired) electrons. The van der Waals surface area contributed by atoms with Gasteiger partial charge >= 0.3 is 0 Å². The summed E-state index contributed by atoms with van der Waals surface area (Å²) in [6.07, 6.45) is 0. The van der Waals surface area contributed by atoms with E-state index in [1.54, 1.807) is 34.9 Å². The lowest BCUT2D eigenvalue weighted by Crippen LogP contribution is -2.26. The highest BCUT2D eigenvalue weighted by atomic mass is 32.2. The SMILES string of the molecule is CC(=O)Nc1ccc(C(=O)[C@H](C)Sc2nc3ccccc3c(=O)n2CC(C)C)cc1. The molecular weight excluding hydrogens is 398 g/mol. The number of ketones is 1. The average Bonchev–Trinajstić information content (AvgIpc) is 2.70. The first-order valence-electron chi connectivity index (χ1n) is 9.84. The van der Waals surface area contributed by atoms with E-state index in [4.69, 9.17) is 0 Å². The Morgan fingerprint density at radius 1 is 1.07 bits per heavy atom. The van der Waals surface area contributed by atoms with Crippen molar-refractivity contribution in [2.75, 3.05) is 5.32 Å². The molecule has 0 aliphatic rings. The predicted molar refractivity (Wildman–Crippen MR) is 121 cm³/mol. The lowest BCUT2D eigenvalue weighted by Gasteiger charge is -2.17. The number of para-hydroxylation sites is 1. The standard InChI is InChI=1S/C23H25N3O3S/c1-14(2)13-26-22(29)19-7-5-6-8-20(19)25-23(26)30-15(3)21(28)17-9-11-18(12-10-17)24-16(4)27/h5-12,14-15H,13H2,1-4H3,(H,24,27)/t15-/m0/s1. The number of Topliss-reactive ketones (excluding diaryl/α,β-unsaturated/α-hetero) is 1. The van der Waals surface area contributed by atoms with Crippen molar-refractivity contribution in [3.8, 4) is 0 Å². The van der Waals surface area contributed by atoms with E-state index >= 15 is 0 Å². The molecule has 0 saturated heterocycles. The summed E-state index contributed by atoms with van der Waals surface area (Å²) in [4.78, 5) is 41.8. The summed E-state index contributed by atoms with van der Waals surface area (Å²) in [6.45, 7) is 7.87. The van der Waals surface area contributed by atoms with Crippen LogP contribution in [-0.2, 0) is 11.3 Å². The highest BCUT2D eigenvalue weighted by Gasteiger charge is 2.21. The van der Waals surface area contributed by atoms with Crippen molar-refractivity contribution in [2.24, 2.45) is 5.92 Å². The third kappa shape index (κ3) is 4.97. The molecule has 0 aliphatic heterocycles. The lowest BCUT2D eigenvalue weighted by atomic mass is 10.1. The number of benzene rings is 2. The molecule has 0 spiro atoms. The van der Waals surface area contributed by atoms with E-state index in [1.807, 2.05) is 39.0 Å². The Bertz CT molecular complexity index is 1140. The highest BCUT2D eigenvalue weighted by Crippen LogP contribution is 2.26. The number of anilines is 1. The lowest BCUT2D eigenvalue weighted by molar-refractivity contribution is -0.114. The topological polar surface area (TPSA) is 81.1 Å². The van der Waals surface area contributed by atoms with Crippen molar-refractivity contribution >= 4 is 40.0 Å². The number of nitrogens with zero attached hydrogens (tertiary/aromatic N) is 2. The Hall–Kier alpha value is -2.93. The molecule has 2 aromatic carbocycles. The summed E-state index contributed by atoms with van der Waals surface area (Å²) in [5, 5.41) is 3.38. The summed E-state index contributed by atoms with van der Waals surface area (Å²) < 4.78 is 1.67. The van der Waals surface area contributed by atoms with Crippen LogP contribution < -0.4 is 10.9 Å². The fraction of sp³-hybridized carbons (Fsp3) is 0.304. The maximum absolute atomic E-state index is 13.0. The molecule has 1 heterocycles. The molecule has 0 aliphatic carbocycles. The predicted octanol–water partition coefficient (Wildman–Crippen LogP) is 4.37. The van der Waals surface area contributed by atoms with Crippen LogP contribution in [0.2, 0.25) is 0 Å². The number of thioether (sulfide) groups is 1. The van der Waals surface area contributed by atoms with Crippen molar-refractivity contribution in [2.45, 2.75) is 44.6 Å². The summed E-state index contributed by atoms with van der Waals surface area (Å²) in [5.41, 5.74) is 1.73.